The summed E-state index contributed by atoms with van der Waals surface area (Å²) in [5.74, 6) is -2.37. The number of carbonyl (C=O) groups excluding carboxylic acids is 7. The van der Waals surface area contributed by atoms with Gasteiger partial charge in [-0.3, -0.25) is 28.8 Å². The van der Waals surface area contributed by atoms with E-state index in [1.165, 1.54) is 70.6 Å². The molecule has 16 heteroatoms. The fourth-order valence-corrected chi connectivity index (χ4v) is 6.85. The highest BCUT2D eigenvalue weighted by Crippen LogP contribution is 2.17. The van der Waals surface area contributed by atoms with Crippen LogP contribution in [0.5, 0.6) is 0 Å². The zero-order valence-electron chi connectivity index (χ0n) is 41.1. The molecular weight excluding hydrogens is 841 g/mol. The number of imide groups is 1. The quantitative estimate of drug-likeness (QED) is 0.0350. The van der Waals surface area contributed by atoms with Crippen molar-refractivity contribution in [2.75, 3.05) is 59.4 Å². The summed E-state index contributed by atoms with van der Waals surface area (Å²) in [5, 5.41) is 3.82. The number of hydrogen-bond acceptors (Lipinski definition) is 15. The second-order valence-electron chi connectivity index (χ2n) is 18.9. The van der Waals surface area contributed by atoms with Crippen molar-refractivity contribution < 1.29 is 66.8 Å². The van der Waals surface area contributed by atoms with Gasteiger partial charge in [-0.15, -0.1) is 5.06 Å². The number of unbranched alkanes of at least 4 members (excludes halogenated alkanes) is 14. The van der Waals surface area contributed by atoms with Gasteiger partial charge in [0, 0.05) is 51.7 Å². The second-order valence-corrected chi connectivity index (χ2v) is 18.9. The lowest BCUT2D eigenvalue weighted by molar-refractivity contribution is -0.200. The largest absolute Gasteiger partial charge is 0.460 e. The standard InChI is InChI=1S/C49H86N2O14/c1-48(2,3)63-45(56)26-20-18-16-14-12-10-8-7-9-11-13-15-17-19-21-31-50-42(47(58)64-49(4,5)6)28-27-40(52)24-22-32-59-34-36-61-38-41(53)25-23-33-60-35-37-62-39-46(57)65-51-43(54)29-30-44(51)55/h42,50H,7-39H2,1-6H3/t42-/m0/s1. The van der Waals surface area contributed by atoms with Crippen molar-refractivity contribution in [2.24, 2.45) is 0 Å². The summed E-state index contributed by atoms with van der Waals surface area (Å²) >= 11 is 0. The molecule has 65 heavy (non-hydrogen) atoms. The summed E-state index contributed by atoms with van der Waals surface area (Å²) in [7, 11) is 0. The van der Waals surface area contributed by atoms with Gasteiger partial charge < -0.3 is 38.6 Å². The highest BCUT2D eigenvalue weighted by atomic mass is 16.7. The number of rotatable bonds is 42. The number of carbonyl (C=O) groups is 7. The number of nitrogens with one attached hydrogen (secondary N) is 1. The van der Waals surface area contributed by atoms with Crippen molar-refractivity contribution in [3.8, 4) is 0 Å². The third-order valence-corrected chi connectivity index (χ3v) is 10.2. The van der Waals surface area contributed by atoms with E-state index in [2.05, 4.69) is 5.32 Å². The average Bonchev–Trinajstić information content (AvgIpc) is 3.54. The van der Waals surface area contributed by atoms with E-state index in [9.17, 15) is 33.6 Å². The minimum absolute atomic E-state index is 0.0192. The number of hydroxylamine groups is 2. The maximum atomic E-state index is 12.9. The first-order valence-corrected chi connectivity index (χ1v) is 24.6. The fraction of sp³-hybridized carbons (Fsp3) is 0.857. The Bertz CT molecular complexity index is 1340. The van der Waals surface area contributed by atoms with E-state index in [1.807, 2.05) is 41.5 Å². The lowest BCUT2D eigenvalue weighted by atomic mass is 10.0. The molecule has 0 aromatic rings. The molecule has 1 fully saturated rings. The number of ether oxygens (including phenoxy) is 6. The average molecular weight is 927 g/mol. The summed E-state index contributed by atoms with van der Waals surface area (Å²) in [6.07, 6.45) is 20.9. The Morgan fingerprint density at radius 3 is 1.45 bits per heavy atom. The van der Waals surface area contributed by atoms with Gasteiger partial charge in [0.2, 0.25) is 0 Å². The van der Waals surface area contributed by atoms with Crippen LogP contribution in [0.3, 0.4) is 0 Å². The first-order chi connectivity index (χ1) is 31.0. The molecule has 0 spiro atoms. The Morgan fingerprint density at radius 2 is 0.938 bits per heavy atom. The topological polar surface area (TPSA) is 199 Å². The van der Waals surface area contributed by atoms with Crippen LogP contribution in [0.25, 0.3) is 0 Å². The van der Waals surface area contributed by atoms with Gasteiger partial charge in [0.05, 0.1) is 26.4 Å². The Kier molecular flexibility index (Phi) is 33.8. The molecule has 1 heterocycles. The number of hydrogen-bond donors (Lipinski definition) is 1. The molecule has 0 radical (unpaired) electrons. The van der Waals surface area contributed by atoms with E-state index < -0.39 is 41.6 Å². The van der Waals surface area contributed by atoms with Gasteiger partial charge in [0.25, 0.3) is 11.8 Å². The van der Waals surface area contributed by atoms with Crippen LogP contribution in [-0.2, 0) is 66.8 Å². The Labute approximate surface area is 389 Å². The smallest absolute Gasteiger partial charge is 0.358 e. The van der Waals surface area contributed by atoms with E-state index >= 15 is 0 Å². The summed E-state index contributed by atoms with van der Waals surface area (Å²) in [5.41, 5.74) is -1.01. The van der Waals surface area contributed by atoms with Gasteiger partial charge in [-0.1, -0.05) is 83.5 Å². The molecule has 0 aliphatic carbocycles. The molecule has 1 saturated heterocycles. The number of Topliss-reactive ketones (excluding diaryl/α,β-unsaturated/α-hetero) is 2. The van der Waals surface area contributed by atoms with Gasteiger partial charge in [-0.05, 0) is 80.2 Å². The number of nitrogens with zero attached hydrogens (tertiary/aromatic N) is 1. The SMILES string of the molecule is CC(C)(C)OC(=O)CCCCCCCCCCCCCCCCCN[C@@H](CCC(=O)CCCOCCOCC(=O)CCCOCCOCC(=O)ON1C(=O)CCC1=O)C(=O)OC(C)(C)C. The van der Waals surface area contributed by atoms with Crippen molar-refractivity contribution in [1.82, 2.24) is 10.4 Å². The van der Waals surface area contributed by atoms with E-state index in [0.717, 1.165) is 25.7 Å². The number of esters is 2. The van der Waals surface area contributed by atoms with Gasteiger partial charge in [-0.25, -0.2) is 4.79 Å². The van der Waals surface area contributed by atoms with Crippen LogP contribution < -0.4 is 5.32 Å². The van der Waals surface area contributed by atoms with E-state index in [-0.39, 0.29) is 75.6 Å². The van der Waals surface area contributed by atoms with Gasteiger partial charge >= 0.3 is 17.9 Å². The predicted octanol–water partition coefficient (Wildman–Crippen LogP) is 8.02. The Morgan fingerprint density at radius 1 is 0.492 bits per heavy atom. The highest BCUT2D eigenvalue weighted by molar-refractivity contribution is 6.01. The van der Waals surface area contributed by atoms with Crippen molar-refractivity contribution >= 4 is 41.3 Å². The van der Waals surface area contributed by atoms with Gasteiger partial charge in [-0.2, -0.15) is 0 Å². The van der Waals surface area contributed by atoms with E-state index in [4.69, 9.17) is 33.3 Å². The molecule has 16 nitrogen and oxygen atoms in total. The minimum Gasteiger partial charge on any atom is -0.460 e. The third kappa shape index (κ3) is 36.5. The van der Waals surface area contributed by atoms with Crippen molar-refractivity contribution in [3.63, 3.8) is 0 Å². The molecule has 1 aliphatic rings. The third-order valence-electron chi connectivity index (χ3n) is 10.2. The first-order valence-electron chi connectivity index (χ1n) is 24.6. The predicted molar refractivity (Wildman–Crippen MR) is 246 cm³/mol. The van der Waals surface area contributed by atoms with Crippen LogP contribution in [0.2, 0.25) is 0 Å². The maximum absolute atomic E-state index is 12.9. The molecule has 1 atom stereocenters. The molecule has 0 aromatic carbocycles. The normalized spacial score (nSPS) is 13.6. The van der Waals surface area contributed by atoms with Crippen LogP contribution in [-0.4, -0.2) is 123 Å². The highest BCUT2D eigenvalue weighted by Gasteiger charge is 2.33. The van der Waals surface area contributed by atoms with Crippen molar-refractivity contribution in [1.29, 1.82) is 0 Å². The molecule has 1 N–H and O–H groups in total. The zero-order valence-corrected chi connectivity index (χ0v) is 41.1. The maximum Gasteiger partial charge on any atom is 0.358 e. The Balaban J connectivity index is 2.01. The summed E-state index contributed by atoms with van der Waals surface area (Å²) in [6.45, 7) is 13.0. The molecule has 0 bridgehead atoms. The lowest BCUT2D eigenvalue weighted by Gasteiger charge is -2.24. The fourth-order valence-electron chi connectivity index (χ4n) is 6.85. The van der Waals surface area contributed by atoms with Crippen LogP contribution in [0.15, 0.2) is 0 Å². The summed E-state index contributed by atoms with van der Waals surface area (Å²) < 4.78 is 32.5. The molecule has 0 aromatic heterocycles. The van der Waals surface area contributed by atoms with Crippen LogP contribution >= 0.6 is 0 Å². The lowest BCUT2D eigenvalue weighted by Crippen LogP contribution is -2.42. The molecular formula is C49H86N2O14. The van der Waals surface area contributed by atoms with Gasteiger partial charge in [0.1, 0.15) is 36.2 Å². The number of ketones is 2. The molecule has 376 valence electrons. The van der Waals surface area contributed by atoms with Crippen LogP contribution in [0, 0.1) is 0 Å². The van der Waals surface area contributed by atoms with Crippen molar-refractivity contribution in [3.05, 3.63) is 0 Å². The number of amides is 2. The molecule has 1 aliphatic heterocycles. The minimum atomic E-state index is -0.851. The van der Waals surface area contributed by atoms with Crippen LogP contribution in [0.4, 0.5) is 0 Å². The van der Waals surface area contributed by atoms with Crippen molar-refractivity contribution in [2.45, 2.75) is 213 Å². The monoisotopic (exact) mass is 927 g/mol. The van der Waals surface area contributed by atoms with E-state index in [0.29, 0.717) is 63.5 Å². The Hall–Kier alpha value is -3.31. The second kappa shape index (κ2) is 36.8. The molecule has 0 unspecified atom stereocenters. The van der Waals surface area contributed by atoms with E-state index in [1.54, 1.807) is 0 Å². The summed E-state index contributed by atoms with van der Waals surface area (Å²) in [4.78, 5) is 88.7. The molecule has 1 rings (SSSR count). The first kappa shape index (κ1) is 59.7. The molecule has 2 amide bonds. The molecule has 0 saturated carbocycles. The van der Waals surface area contributed by atoms with Gasteiger partial charge in [0.15, 0.2) is 5.78 Å². The zero-order chi connectivity index (χ0) is 48.2. The van der Waals surface area contributed by atoms with Crippen LogP contribution in [0.1, 0.15) is 196 Å². The summed E-state index contributed by atoms with van der Waals surface area (Å²) in [6, 6.07) is -0.528.